The second-order valence-corrected chi connectivity index (χ2v) is 8.54. The van der Waals surface area contributed by atoms with Gasteiger partial charge in [-0.1, -0.05) is 32.1 Å². The number of hydrogen-bond acceptors (Lipinski definition) is 4. The van der Waals surface area contributed by atoms with Gasteiger partial charge in [0, 0.05) is 6.04 Å². The van der Waals surface area contributed by atoms with Crippen LogP contribution in [0.25, 0.3) is 0 Å². The fraction of sp³-hybridized carbons (Fsp3) is 0.929. The van der Waals surface area contributed by atoms with Crippen molar-refractivity contribution in [2.75, 3.05) is 11.5 Å². The minimum atomic E-state index is -2.99. The first-order valence-electron chi connectivity index (χ1n) is 7.72. The molecule has 2 rings (SSSR count). The largest absolute Gasteiger partial charge is 0.351 e. The predicted molar refractivity (Wildman–Crippen MR) is 79.0 cm³/mol. The Labute approximate surface area is 121 Å². The summed E-state index contributed by atoms with van der Waals surface area (Å²) in [4.78, 5) is 12.1. The Hall–Kier alpha value is -0.620. The highest BCUT2D eigenvalue weighted by Crippen LogP contribution is 2.27. The van der Waals surface area contributed by atoms with E-state index in [0.29, 0.717) is 12.3 Å². The second kappa shape index (κ2) is 6.89. The number of sulfone groups is 1. The molecule has 2 unspecified atom stereocenters. The van der Waals surface area contributed by atoms with Crippen molar-refractivity contribution < 1.29 is 13.2 Å². The van der Waals surface area contributed by atoms with Crippen molar-refractivity contribution in [1.29, 1.82) is 0 Å². The fourth-order valence-corrected chi connectivity index (χ4v) is 4.97. The Morgan fingerprint density at radius 3 is 2.50 bits per heavy atom. The lowest BCUT2D eigenvalue weighted by Crippen LogP contribution is -2.49. The third-order valence-corrected chi connectivity index (χ3v) is 6.28. The van der Waals surface area contributed by atoms with Gasteiger partial charge in [0.2, 0.25) is 5.91 Å². The molecule has 5 nitrogen and oxygen atoms in total. The van der Waals surface area contributed by atoms with Crippen LogP contribution < -0.4 is 11.1 Å². The minimum absolute atomic E-state index is 0.0644. The summed E-state index contributed by atoms with van der Waals surface area (Å²) >= 11 is 0. The lowest BCUT2D eigenvalue weighted by Gasteiger charge is -2.27. The van der Waals surface area contributed by atoms with Gasteiger partial charge in [-0.15, -0.1) is 0 Å². The van der Waals surface area contributed by atoms with Gasteiger partial charge in [0.15, 0.2) is 9.84 Å². The highest BCUT2D eigenvalue weighted by Gasteiger charge is 2.28. The van der Waals surface area contributed by atoms with Crippen molar-refractivity contribution in [1.82, 2.24) is 5.32 Å². The van der Waals surface area contributed by atoms with Gasteiger partial charge in [0.1, 0.15) is 0 Å². The highest BCUT2D eigenvalue weighted by molar-refractivity contribution is 7.91. The maximum atomic E-state index is 12.1. The van der Waals surface area contributed by atoms with Crippen LogP contribution in [0.15, 0.2) is 0 Å². The molecule has 116 valence electrons. The monoisotopic (exact) mass is 302 g/mol. The summed E-state index contributed by atoms with van der Waals surface area (Å²) in [6.45, 7) is 0. The van der Waals surface area contributed by atoms with Gasteiger partial charge in [-0.3, -0.25) is 4.79 Å². The summed E-state index contributed by atoms with van der Waals surface area (Å²) in [6, 6.07) is -0.749. The Bertz CT molecular complexity index is 430. The maximum absolute atomic E-state index is 12.1. The third-order valence-electron chi connectivity index (χ3n) is 4.46. The van der Waals surface area contributed by atoms with Crippen LogP contribution in [0.3, 0.4) is 0 Å². The van der Waals surface area contributed by atoms with Crippen LogP contribution in [-0.4, -0.2) is 37.9 Å². The molecule has 0 aromatic heterocycles. The molecule has 0 aromatic carbocycles. The Morgan fingerprint density at radius 2 is 1.85 bits per heavy atom. The van der Waals surface area contributed by atoms with E-state index in [1.165, 1.54) is 32.1 Å². The average Bonchev–Trinajstić information content (AvgIpc) is 2.38. The topological polar surface area (TPSA) is 89.3 Å². The zero-order valence-corrected chi connectivity index (χ0v) is 12.8. The number of carbonyl (C=O) groups excluding carboxylic acids is 1. The first-order valence-corrected chi connectivity index (χ1v) is 9.55. The van der Waals surface area contributed by atoms with E-state index in [1.54, 1.807) is 0 Å². The summed E-state index contributed by atoms with van der Waals surface area (Å²) in [7, 11) is -2.99. The summed E-state index contributed by atoms with van der Waals surface area (Å²) in [5.41, 5.74) is 5.97. The molecule has 3 N–H and O–H groups in total. The Balaban J connectivity index is 1.78. The summed E-state index contributed by atoms with van der Waals surface area (Å²) < 4.78 is 23.1. The van der Waals surface area contributed by atoms with Gasteiger partial charge >= 0.3 is 0 Å². The molecule has 2 aliphatic rings. The molecule has 20 heavy (non-hydrogen) atoms. The van der Waals surface area contributed by atoms with E-state index in [2.05, 4.69) is 5.32 Å². The van der Waals surface area contributed by atoms with E-state index >= 15 is 0 Å². The molecular formula is C14H26N2O3S. The first kappa shape index (κ1) is 15.8. The number of rotatable bonds is 4. The molecule has 1 aliphatic heterocycles. The average molecular weight is 302 g/mol. The SMILES string of the molecule is NC(CC1CCCCC1)C(=O)NC1CCCS(=O)(=O)C1. The maximum Gasteiger partial charge on any atom is 0.237 e. The van der Waals surface area contributed by atoms with Gasteiger partial charge < -0.3 is 11.1 Å². The smallest absolute Gasteiger partial charge is 0.237 e. The van der Waals surface area contributed by atoms with Crippen LogP contribution in [0.1, 0.15) is 51.4 Å². The lowest BCUT2D eigenvalue weighted by molar-refractivity contribution is -0.123. The molecule has 0 bridgehead atoms. The van der Waals surface area contributed by atoms with Crippen LogP contribution in [0, 0.1) is 5.92 Å². The molecule has 2 fully saturated rings. The minimum Gasteiger partial charge on any atom is -0.351 e. The van der Waals surface area contributed by atoms with E-state index in [0.717, 1.165) is 12.8 Å². The lowest BCUT2D eigenvalue weighted by atomic mass is 9.85. The van der Waals surface area contributed by atoms with Crippen LogP contribution in [-0.2, 0) is 14.6 Å². The predicted octanol–water partition coefficient (Wildman–Crippen LogP) is 0.977. The van der Waals surface area contributed by atoms with E-state index in [1.807, 2.05) is 0 Å². The van der Waals surface area contributed by atoms with Crippen molar-refractivity contribution in [3.63, 3.8) is 0 Å². The summed E-state index contributed by atoms with van der Waals surface area (Å²) in [5.74, 6) is 0.680. The van der Waals surface area contributed by atoms with Gasteiger partial charge in [-0.05, 0) is 25.2 Å². The van der Waals surface area contributed by atoms with Crippen molar-refractivity contribution in [3.8, 4) is 0 Å². The Kier molecular flexibility index (Phi) is 5.43. The summed E-state index contributed by atoms with van der Waals surface area (Å²) in [5, 5.41) is 2.82. The molecule has 0 spiro atoms. The van der Waals surface area contributed by atoms with E-state index in [4.69, 9.17) is 5.73 Å². The van der Waals surface area contributed by atoms with E-state index in [9.17, 15) is 13.2 Å². The second-order valence-electron chi connectivity index (χ2n) is 6.31. The van der Waals surface area contributed by atoms with Gasteiger partial charge in [0.25, 0.3) is 0 Å². The number of carbonyl (C=O) groups is 1. The molecule has 1 amide bonds. The molecule has 1 heterocycles. The molecular weight excluding hydrogens is 276 g/mol. The Morgan fingerprint density at radius 1 is 1.15 bits per heavy atom. The fourth-order valence-electron chi connectivity index (χ4n) is 3.33. The van der Waals surface area contributed by atoms with Crippen LogP contribution in [0.2, 0.25) is 0 Å². The number of nitrogens with two attached hydrogens (primary N) is 1. The van der Waals surface area contributed by atoms with Crippen LogP contribution in [0.5, 0.6) is 0 Å². The molecule has 1 aliphatic carbocycles. The molecule has 1 saturated carbocycles. The van der Waals surface area contributed by atoms with E-state index < -0.39 is 15.9 Å². The van der Waals surface area contributed by atoms with E-state index in [-0.39, 0.29) is 23.5 Å². The first-order chi connectivity index (χ1) is 9.46. The highest BCUT2D eigenvalue weighted by atomic mass is 32.2. The third kappa shape index (κ3) is 4.74. The standard InChI is InChI=1S/C14H26N2O3S/c15-13(9-11-5-2-1-3-6-11)14(17)16-12-7-4-8-20(18,19)10-12/h11-13H,1-10,15H2,(H,16,17). The number of hydrogen-bond donors (Lipinski definition) is 2. The normalized spacial score (nSPS) is 28.8. The van der Waals surface area contributed by atoms with Crippen molar-refractivity contribution >= 4 is 15.7 Å². The van der Waals surface area contributed by atoms with Gasteiger partial charge in [-0.2, -0.15) is 0 Å². The van der Waals surface area contributed by atoms with Crippen molar-refractivity contribution in [2.24, 2.45) is 11.7 Å². The van der Waals surface area contributed by atoms with Crippen LogP contribution in [0.4, 0.5) is 0 Å². The molecule has 0 radical (unpaired) electrons. The zero-order chi connectivity index (χ0) is 14.6. The van der Waals surface area contributed by atoms with Gasteiger partial charge in [0.05, 0.1) is 17.5 Å². The van der Waals surface area contributed by atoms with Crippen molar-refractivity contribution in [3.05, 3.63) is 0 Å². The van der Waals surface area contributed by atoms with Gasteiger partial charge in [-0.25, -0.2) is 8.42 Å². The molecule has 1 saturated heterocycles. The van der Waals surface area contributed by atoms with Crippen LogP contribution >= 0.6 is 0 Å². The molecule has 6 heteroatoms. The number of amides is 1. The molecule has 2 atom stereocenters. The quantitative estimate of drug-likeness (QED) is 0.810. The molecule has 0 aromatic rings. The zero-order valence-electron chi connectivity index (χ0n) is 12.0. The number of nitrogens with one attached hydrogen (secondary N) is 1. The summed E-state index contributed by atoms with van der Waals surface area (Å²) in [6.07, 6.45) is 8.19. The van der Waals surface area contributed by atoms with Crippen molar-refractivity contribution in [2.45, 2.75) is 63.5 Å².